The predicted octanol–water partition coefficient (Wildman–Crippen LogP) is 3.47. The summed E-state index contributed by atoms with van der Waals surface area (Å²) in [6, 6.07) is 12.1. The smallest absolute Gasteiger partial charge is 0.159 e. The van der Waals surface area contributed by atoms with Gasteiger partial charge < -0.3 is 10.3 Å². The first-order chi connectivity index (χ1) is 10.2. The van der Waals surface area contributed by atoms with Crippen molar-refractivity contribution >= 4 is 10.9 Å². The molecule has 0 radical (unpaired) electrons. The van der Waals surface area contributed by atoms with Crippen LogP contribution in [0.5, 0.6) is 0 Å². The first-order valence-electron chi connectivity index (χ1n) is 6.90. The van der Waals surface area contributed by atoms with Crippen molar-refractivity contribution in [1.29, 1.82) is 0 Å². The zero-order valence-corrected chi connectivity index (χ0v) is 11.5. The predicted molar refractivity (Wildman–Crippen MR) is 80.2 cm³/mol. The van der Waals surface area contributed by atoms with Crippen LogP contribution in [0.1, 0.15) is 11.1 Å². The van der Waals surface area contributed by atoms with Crippen molar-refractivity contribution in [2.45, 2.75) is 13.0 Å². The van der Waals surface area contributed by atoms with Crippen LogP contribution in [0.4, 0.5) is 8.78 Å². The highest BCUT2D eigenvalue weighted by atomic mass is 19.2. The third-order valence-electron chi connectivity index (χ3n) is 3.65. The van der Waals surface area contributed by atoms with Crippen molar-refractivity contribution in [3.63, 3.8) is 0 Å². The van der Waals surface area contributed by atoms with Crippen molar-refractivity contribution in [3.05, 3.63) is 71.4 Å². The Morgan fingerprint density at radius 2 is 1.86 bits per heavy atom. The van der Waals surface area contributed by atoms with E-state index in [1.165, 1.54) is 11.6 Å². The summed E-state index contributed by atoms with van der Waals surface area (Å²) in [6.45, 7) is 1.11. The van der Waals surface area contributed by atoms with Gasteiger partial charge in [0, 0.05) is 23.6 Å². The maximum absolute atomic E-state index is 13.3. The Labute approximate surface area is 121 Å². The van der Waals surface area contributed by atoms with Gasteiger partial charge in [-0.3, -0.25) is 0 Å². The second-order valence-corrected chi connectivity index (χ2v) is 5.08. The lowest BCUT2D eigenvalue weighted by Crippen LogP contribution is -2.03. The standard InChI is InChI=1S/C17H16F2N2/c18-15-5-4-12(10-16(15)19)11-21-9-7-14-13(6-8-20)2-1-3-17(14)21/h1-5,7,9-10H,6,8,11,20H2. The van der Waals surface area contributed by atoms with Crippen LogP contribution in [0.3, 0.4) is 0 Å². The number of halogens is 2. The van der Waals surface area contributed by atoms with Crippen LogP contribution in [0, 0.1) is 11.6 Å². The molecular weight excluding hydrogens is 270 g/mol. The van der Waals surface area contributed by atoms with Gasteiger partial charge in [-0.1, -0.05) is 18.2 Å². The SMILES string of the molecule is NCCc1cccc2c1ccn2Cc1ccc(F)c(F)c1. The molecule has 0 amide bonds. The number of nitrogens with zero attached hydrogens (tertiary/aromatic N) is 1. The van der Waals surface area contributed by atoms with E-state index in [0.29, 0.717) is 13.1 Å². The lowest BCUT2D eigenvalue weighted by Gasteiger charge is -2.07. The zero-order chi connectivity index (χ0) is 14.8. The first kappa shape index (κ1) is 13.8. The van der Waals surface area contributed by atoms with Crippen molar-refractivity contribution < 1.29 is 8.78 Å². The molecule has 0 bridgehead atoms. The quantitative estimate of drug-likeness (QED) is 0.782. The van der Waals surface area contributed by atoms with Crippen molar-refractivity contribution in [3.8, 4) is 0 Å². The van der Waals surface area contributed by atoms with Gasteiger partial charge in [-0.05, 0) is 48.4 Å². The van der Waals surface area contributed by atoms with Gasteiger partial charge >= 0.3 is 0 Å². The molecule has 0 saturated carbocycles. The summed E-state index contributed by atoms with van der Waals surface area (Å²) in [5.74, 6) is -1.63. The fourth-order valence-electron chi connectivity index (χ4n) is 2.63. The number of benzene rings is 2. The van der Waals surface area contributed by atoms with Gasteiger partial charge in [0.05, 0.1) is 0 Å². The number of hydrogen-bond donors (Lipinski definition) is 1. The molecular formula is C17H16F2N2. The Bertz CT molecular complexity index is 778. The van der Waals surface area contributed by atoms with Gasteiger partial charge in [-0.2, -0.15) is 0 Å². The van der Waals surface area contributed by atoms with Gasteiger partial charge in [0.25, 0.3) is 0 Å². The third kappa shape index (κ3) is 2.67. The van der Waals surface area contributed by atoms with Crippen molar-refractivity contribution in [1.82, 2.24) is 4.57 Å². The summed E-state index contributed by atoms with van der Waals surface area (Å²) in [5, 5.41) is 1.16. The average molecular weight is 286 g/mol. The van der Waals surface area contributed by atoms with E-state index < -0.39 is 11.6 Å². The molecule has 0 spiro atoms. The van der Waals surface area contributed by atoms with Gasteiger partial charge in [0.1, 0.15) is 0 Å². The minimum absolute atomic E-state index is 0.507. The molecule has 2 nitrogen and oxygen atoms in total. The molecule has 3 aromatic rings. The number of aromatic nitrogens is 1. The highest BCUT2D eigenvalue weighted by Gasteiger charge is 2.07. The highest BCUT2D eigenvalue weighted by molar-refractivity contribution is 5.83. The minimum Gasteiger partial charge on any atom is -0.343 e. The average Bonchev–Trinajstić information content (AvgIpc) is 2.88. The normalized spacial score (nSPS) is 11.2. The first-order valence-corrected chi connectivity index (χ1v) is 6.90. The van der Waals surface area contributed by atoms with Gasteiger partial charge in [-0.25, -0.2) is 8.78 Å². The monoisotopic (exact) mass is 286 g/mol. The molecule has 0 atom stereocenters. The fourth-order valence-corrected chi connectivity index (χ4v) is 2.63. The van der Waals surface area contributed by atoms with E-state index in [1.807, 2.05) is 29.0 Å². The molecule has 1 heterocycles. The van der Waals surface area contributed by atoms with E-state index >= 15 is 0 Å². The molecule has 0 aliphatic heterocycles. The number of fused-ring (bicyclic) bond motifs is 1. The summed E-state index contributed by atoms with van der Waals surface area (Å²) < 4.78 is 28.3. The number of nitrogens with two attached hydrogens (primary N) is 1. The minimum atomic E-state index is -0.818. The van der Waals surface area contributed by atoms with Crippen molar-refractivity contribution in [2.75, 3.05) is 6.54 Å². The van der Waals surface area contributed by atoms with Crippen LogP contribution >= 0.6 is 0 Å². The van der Waals surface area contributed by atoms with E-state index in [0.717, 1.165) is 29.0 Å². The molecule has 108 valence electrons. The van der Waals surface area contributed by atoms with Gasteiger partial charge in [-0.15, -0.1) is 0 Å². The Balaban J connectivity index is 1.97. The molecule has 3 rings (SSSR count). The van der Waals surface area contributed by atoms with E-state index in [9.17, 15) is 8.78 Å². The molecule has 0 fully saturated rings. The molecule has 2 aromatic carbocycles. The second kappa shape index (κ2) is 5.66. The molecule has 1 aromatic heterocycles. The lowest BCUT2D eigenvalue weighted by molar-refractivity contribution is 0.506. The molecule has 0 saturated heterocycles. The summed E-state index contributed by atoms with van der Waals surface area (Å²) in [4.78, 5) is 0. The summed E-state index contributed by atoms with van der Waals surface area (Å²) in [7, 11) is 0. The second-order valence-electron chi connectivity index (χ2n) is 5.08. The van der Waals surface area contributed by atoms with Crippen LogP contribution in [-0.2, 0) is 13.0 Å². The number of rotatable bonds is 4. The van der Waals surface area contributed by atoms with E-state index in [-0.39, 0.29) is 0 Å². The zero-order valence-electron chi connectivity index (χ0n) is 11.5. The summed E-state index contributed by atoms with van der Waals surface area (Å²) >= 11 is 0. The Kier molecular flexibility index (Phi) is 3.71. The fraction of sp³-hybridized carbons (Fsp3) is 0.176. The van der Waals surface area contributed by atoms with Crippen LogP contribution < -0.4 is 5.73 Å². The molecule has 0 aliphatic rings. The van der Waals surface area contributed by atoms with Crippen molar-refractivity contribution in [2.24, 2.45) is 5.73 Å². The Morgan fingerprint density at radius 3 is 2.62 bits per heavy atom. The maximum atomic E-state index is 13.3. The molecule has 0 unspecified atom stereocenters. The van der Waals surface area contributed by atoms with E-state index in [4.69, 9.17) is 5.73 Å². The molecule has 0 aliphatic carbocycles. The van der Waals surface area contributed by atoms with Crippen LogP contribution in [-0.4, -0.2) is 11.1 Å². The molecule has 2 N–H and O–H groups in total. The Morgan fingerprint density at radius 1 is 1.00 bits per heavy atom. The lowest BCUT2D eigenvalue weighted by atomic mass is 10.1. The third-order valence-corrected chi connectivity index (χ3v) is 3.65. The Hall–Kier alpha value is -2.20. The topological polar surface area (TPSA) is 30.9 Å². The molecule has 4 heteroatoms. The van der Waals surface area contributed by atoms with Crippen LogP contribution in [0.2, 0.25) is 0 Å². The molecule has 21 heavy (non-hydrogen) atoms. The van der Waals surface area contributed by atoms with Crippen LogP contribution in [0.15, 0.2) is 48.7 Å². The maximum Gasteiger partial charge on any atom is 0.159 e. The van der Waals surface area contributed by atoms with Crippen LogP contribution in [0.25, 0.3) is 10.9 Å². The van der Waals surface area contributed by atoms with Gasteiger partial charge in [0.2, 0.25) is 0 Å². The number of hydrogen-bond acceptors (Lipinski definition) is 1. The summed E-state index contributed by atoms with van der Waals surface area (Å²) in [5.41, 5.74) is 8.64. The van der Waals surface area contributed by atoms with E-state index in [2.05, 4.69) is 6.07 Å². The highest BCUT2D eigenvalue weighted by Crippen LogP contribution is 2.22. The summed E-state index contributed by atoms with van der Waals surface area (Å²) in [6.07, 6.45) is 2.79. The van der Waals surface area contributed by atoms with E-state index in [1.54, 1.807) is 6.07 Å². The van der Waals surface area contributed by atoms with Gasteiger partial charge in [0.15, 0.2) is 11.6 Å². The largest absolute Gasteiger partial charge is 0.343 e.